The van der Waals surface area contributed by atoms with Gasteiger partial charge in [-0.25, -0.2) is 4.39 Å². The van der Waals surface area contributed by atoms with Crippen LogP contribution >= 0.6 is 0 Å². The second kappa shape index (κ2) is 4.33. The molecule has 2 aliphatic carbocycles. The lowest BCUT2D eigenvalue weighted by molar-refractivity contribution is -0.0892. The van der Waals surface area contributed by atoms with Crippen molar-refractivity contribution in [1.29, 1.82) is 0 Å². The quantitative estimate of drug-likeness (QED) is 0.760. The van der Waals surface area contributed by atoms with Crippen LogP contribution in [0.3, 0.4) is 0 Å². The molecule has 0 radical (unpaired) electrons. The third-order valence-corrected chi connectivity index (χ3v) is 4.50. The molecule has 3 rings (SSSR count). The molecule has 1 heterocycles. The van der Waals surface area contributed by atoms with Crippen LogP contribution in [0.4, 0.5) is 17.6 Å². The standard InChI is InChI=1S/C14H17F4N/c15-12-3-9(2-11(4-12)14(16,17)18)1-10-5-13(6-10)7-19-8-13/h2,4,10,12,19H,1,3,5-8H2. The topological polar surface area (TPSA) is 12.0 Å². The molecule has 1 saturated heterocycles. The summed E-state index contributed by atoms with van der Waals surface area (Å²) in [5.74, 6) is 0.438. The van der Waals surface area contributed by atoms with E-state index in [1.165, 1.54) is 0 Å². The van der Waals surface area contributed by atoms with Crippen LogP contribution in [-0.4, -0.2) is 25.4 Å². The third-order valence-electron chi connectivity index (χ3n) is 4.50. The van der Waals surface area contributed by atoms with Crippen LogP contribution in [0.25, 0.3) is 0 Å². The highest BCUT2D eigenvalue weighted by Gasteiger charge is 2.48. The highest BCUT2D eigenvalue weighted by molar-refractivity contribution is 5.34. The Morgan fingerprint density at radius 2 is 1.95 bits per heavy atom. The van der Waals surface area contributed by atoms with Crippen LogP contribution in [0.5, 0.6) is 0 Å². The Morgan fingerprint density at radius 1 is 1.26 bits per heavy atom. The van der Waals surface area contributed by atoms with Gasteiger partial charge >= 0.3 is 6.18 Å². The maximum atomic E-state index is 13.4. The molecule has 19 heavy (non-hydrogen) atoms. The molecule has 5 heteroatoms. The predicted molar refractivity (Wildman–Crippen MR) is 64.4 cm³/mol. The van der Waals surface area contributed by atoms with E-state index in [1.54, 1.807) is 0 Å². The van der Waals surface area contributed by atoms with Crippen molar-refractivity contribution < 1.29 is 17.6 Å². The average Bonchev–Trinajstić information content (AvgIpc) is 2.18. The molecule has 0 bridgehead atoms. The lowest BCUT2D eigenvalue weighted by atomic mass is 9.57. The van der Waals surface area contributed by atoms with E-state index in [4.69, 9.17) is 0 Å². The first-order valence-corrected chi connectivity index (χ1v) is 6.70. The second-order valence-corrected chi connectivity index (χ2v) is 6.22. The number of hydrogen-bond acceptors (Lipinski definition) is 1. The molecule has 0 aromatic carbocycles. The molecule has 1 aliphatic heterocycles. The number of hydrogen-bond donors (Lipinski definition) is 1. The molecular weight excluding hydrogens is 258 g/mol. The van der Waals surface area contributed by atoms with E-state index >= 15 is 0 Å². The number of allylic oxidation sites excluding steroid dienone is 4. The van der Waals surface area contributed by atoms with Crippen molar-refractivity contribution in [2.45, 2.75) is 38.0 Å². The van der Waals surface area contributed by atoms with Crippen molar-refractivity contribution in [3.05, 3.63) is 23.3 Å². The normalized spacial score (nSPS) is 30.4. The molecule has 3 aliphatic rings. The summed E-state index contributed by atoms with van der Waals surface area (Å²) in [5.41, 5.74) is 0.215. The summed E-state index contributed by atoms with van der Waals surface area (Å²) in [7, 11) is 0. The second-order valence-electron chi connectivity index (χ2n) is 6.22. The molecule has 0 aromatic heterocycles. The minimum absolute atomic E-state index is 0.126. The molecule has 1 atom stereocenters. The monoisotopic (exact) mass is 275 g/mol. The van der Waals surface area contributed by atoms with Gasteiger partial charge in [0, 0.05) is 19.5 Å². The summed E-state index contributed by atoms with van der Waals surface area (Å²) < 4.78 is 51.2. The maximum Gasteiger partial charge on any atom is 0.416 e. The van der Waals surface area contributed by atoms with Gasteiger partial charge in [-0.2, -0.15) is 13.2 Å². The van der Waals surface area contributed by atoms with Crippen molar-refractivity contribution in [1.82, 2.24) is 5.32 Å². The molecule has 1 spiro atoms. The first-order chi connectivity index (χ1) is 8.86. The Labute approximate surface area is 109 Å². The zero-order valence-corrected chi connectivity index (χ0v) is 10.6. The van der Waals surface area contributed by atoms with Gasteiger partial charge in [0.25, 0.3) is 0 Å². The summed E-state index contributed by atoms with van der Waals surface area (Å²) in [6.45, 7) is 2.06. The maximum absolute atomic E-state index is 13.4. The molecule has 1 N–H and O–H groups in total. The SMILES string of the molecule is FC1C=C(C(F)(F)F)C=C(CC2CC3(CNC3)C2)C1. The van der Waals surface area contributed by atoms with Crippen molar-refractivity contribution in [2.24, 2.45) is 11.3 Å². The van der Waals surface area contributed by atoms with Crippen molar-refractivity contribution in [2.75, 3.05) is 13.1 Å². The highest BCUT2D eigenvalue weighted by Crippen LogP contribution is 2.51. The minimum atomic E-state index is -4.44. The van der Waals surface area contributed by atoms with Gasteiger partial charge in [-0.1, -0.05) is 11.6 Å². The Bertz CT molecular complexity index is 423. The smallest absolute Gasteiger partial charge is 0.316 e. The summed E-state index contributed by atoms with van der Waals surface area (Å²) in [6, 6.07) is 0. The number of halogens is 4. The fourth-order valence-corrected chi connectivity index (χ4v) is 3.60. The van der Waals surface area contributed by atoms with E-state index in [0.717, 1.165) is 32.0 Å². The van der Waals surface area contributed by atoms with Crippen molar-refractivity contribution in [3.63, 3.8) is 0 Å². The van der Waals surface area contributed by atoms with Crippen LogP contribution < -0.4 is 5.32 Å². The van der Waals surface area contributed by atoms with Gasteiger partial charge in [-0.15, -0.1) is 0 Å². The molecule has 1 saturated carbocycles. The summed E-state index contributed by atoms with van der Waals surface area (Å²) >= 11 is 0. The summed E-state index contributed by atoms with van der Waals surface area (Å²) in [6.07, 6.45) is -1.19. The van der Waals surface area contributed by atoms with Gasteiger partial charge in [0.05, 0.1) is 5.57 Å². The van der Waals surface area contributed by atoms with Crippen LogP contribution in [0.15, 0.2) is 23.3 Å². The number of nitrogens with one attached hydrogen (secondary N) is 1. The van der Waals surface area contributed by atoms with Gasteiger partial charge in [-0.3, -0.25) is 0 Å². The molecule has 1 unspecified atom stereocenters. The lowest BCUT2D eigenvalue weighted by Gasteiger charge is -2.55. The van der Waals surface area contributed by atoms with Gasteiger partial charge < -0.3 is 5.32 Å². The molecule has 1 nitrogen and oxygen atoms in total. The predicted octanol–water partition coefficient (Wildman–Crippen LogP) is 3.53. The highest BCUT2D eigenvalue weighted by atomic mass is 19.4. The lowest BCUT2D eigenvalue weighted by Crippen LogP contribution is -2.60. The molecule has 0 aromatic rings. The van der Waals surface area contributed by atoms with E-state index in [1.807, 2.05) is 0 Å². The Hall–Kier alpha value is -0.840. The Morgan fingerprint density at radius 3 is 2.47 bits per heavy atom. The zero-order chi connectivity index (χ0) is 13.7. The fraction of sp³-hybridized carbons (Fsp3) is 0.714. The largest absolute Gasteiger partial charge is 0.416 e. The van der Waals surface area contributed by atoms with Crippen molar-refractivity contribution in [3.8, 4) is 0 Å². The Kier molecular flexibility index (Phi) is 3.00. The van der Waals surface area contributed by atoms with Gasteiger partial charge in [0.1, 0.15) is 6.17 Å². The Balaban J connectivity index is 1.61. The van der Waals surface area contributed by atoms with Gasteiger partial charge in [0.2, 0.25) is 0 Å². The summed E-state index contributed by atoms with van der Waals surface area (Å²) in [4.78, 5) is 0. The van der Waals surface area contributed by atoms with E-state index in [9.17, 15) is 17.6 Å². The fourth-order valence-electron chi connectivity index (χ4n) is 3.60. The van der Waals surface area contributed by atoms with Gasteiger partial charge in [0.15, 0.2) is 0 Å². The van der Waals surface area contributed by atoms with Gasteiger partial charge in [-0.05, 0) is 36.7 Å². The third kappa shape index (κ3) is 2.57. The number of rotatable bonds is 2. The van der Waals surface area contributed by atoms with Crippen LogP contribution in [-0.2, 0) is 0 Å². The summed E-state index contributed by atoms with van der Waals surface area (Å²) in [5, 5.41) is 3.23. The van der Waals surface area contributed by atoms with E-state index < -0.39 is 17.9 Å². The van der Waals surface area contributed by atoms with E-state index in [-0.39, 0.29) is 6.42 Å². The van der Waals surface area contributed by atoms with Crippen LogP contribution in [0.1, 0.15) is 25.7 Å². The van der Waals surface area contributed by atoms with Crippen molar-refractivity contribution >= 4 is 0 Å². The van der Waals surface area contributed by atoms with Crippen LogP contribution in [0, 0.1) is 11.3 Å². The molecule has 2 fully saturated rings. The number of alkyl halides is 4. The van der Waals surface area contributed by atoms with E-state index in [2.05, 4.69) is 5.32 Å². The van der Waals surface area contributed by atoms with E-state index in [0.29, 0.717) is 29.4 Å². The zero-order valence-electron chi connectivity index (χ0n) is 10.6. The average molecular weight is 275 g/mol. The molecule has 106 valence electrons. The first kappa shape index (κ1) is 13.2. The molecule has 0 amide bonds. The molecular formula is C14H17F4N. The van der Waals surface area contributed by atoms with Crippen LogP contribution in [0.2, 0.25) is 0 Å². The minimum Gasteiger partial charge on any atom is -0.316 e. The first-order valence-electron chi connectivity index (χ1n) is 6.70.